The third kappa shape index (κ3) is 5.12. The van der Waals surface area contributed by atoms with Crippen molar-refractivity contribution in [1.82, 2.24) is 14.8 Å². The van der Waals surface area contributed by atoms with E-state index in [9.17, 15) is 4.79 Å². The molecular weight excluding hydrogens is 455 g/mol. The summed E-state index contributed by atoms with van der Waals surface area (Å²) in [4.78, 5) is 12.7. The number of amides is 1. The van der Waals surface area contributed by atoms with Gasteiger partial charge in [-0.25, -0.2) is 0 Å². The van der Waals surface area contributed by atoms with Crippen LogP contribution in [0.3, 0.4) is 0 Å². The lowest BCUT2D eigenvalue weighted by Gasteiger charge is -2.14. The van der Waals surface area contributed by atoms with Gasteiger partial charge in [-0.3, -0.25) is 9.36 Å². The number of aromatic nitrogens is 3. The number of nitrogens with one attached hydrogen (secondary N) is 1. The quantitative estimate of drug-likeness (QED) is 0.333. The lowest BCUT2D eigenvalue weighted by molar-refractivity contribution is -0.115. The number of carbonyl (C=O) groups excluding carboxylic acids is 1. The molecule has 2 heterocycles. The number of furan rings is 1. The summed E-state index contributed by atoms with van der Waals surface area (Å²) in [7, 11) is 0. The number of rotatable bonds is 7. The smallest absolute Gasteiger partial charge is 0.237 e. The Bertz CT molecular complexity index is 1180. The first kappa shape index (κ1) is 21.5. The van der Waals surface area contributed by atoms with E-state index >= 15 is 0 Å². The van der Waals surface area contributed by atoms with Crippen molar-refractivity contribution >= 4 is 46.6 Å². The molecule has 0 saturated carbocycles. The highest BCUT2D eigenvalue weighted by Crippen LogP contribution is 2.29. The summed E-state index contributed by atoms with van der Waals surface area (Å²) in [6.07, 6.45) is 1.62. The van der Waals surface area contributed by atoms with E-state index in [0.29, 0.717) is 33.3 Å². The van der Waals surface area contributed by atoms with E-state index in [1.807, 2.05) is 47.9 Å². The van der Waals surface area contributed by atoms with Crippen LogP contribution in [0.5, 0.6) is 0 Å². The number of carbonyl (C=O) groups is 1. The lowest BCUT2D eigenvalue weighted by Crippen LogP contribution is -2.23. The van der Waals surface area contributed by atoms with Gasteiger partial charge in [-0.2, -0.15) is 0 Å². The highest BCUT2D eigenvalue weighted by atomic mass is 35.5. The first-order valence-electron chi connectivity index (χ1n) is 9.45. The zero-order valence-corrected chi connectivity index (χ0v) is 18.8. The van der Waals surface area contributed by atoms with E-state index in [-0.39, 0.29) is 5.91 Å². The van der Waals surface area contributed by atoms with Gasteiger partial charge in [0, 0.05) is 10.6 Å². The van der Waals surface area contributed by atoms with Crippen molar-refractivity contribution in [2.45, 2.75) is 23.9 Å². The van der Waals surface area contributed by atoms with Crippen LogP contribution < -0.4 is 5.32 Å². The first-order chi connectivity index (χ1) is 15.0. The molecule has 2 aromatic heterocycles. The van der Waals surface area contributed by atoms with Crippen LogP contribution in [-0.2, 0) is 11.3 Å². The fraction of sp³-hybridized carbons (Fsp3) is 0.136. The fourth-order valence-corrected chi connectivity index (χ4v) is 4.06. The highest BCUT2D eigenvalue weighted by molar-refractivity contribution is 8.00. The van der Waals surface area contributed by atoms with Gasteiger partial charge in [0.2, 0.25) is 5.91 Å². The standard InChI is InChI=1S/C22H18Cl2N4O2S/c1-14(21(29)25-19-7-3-2-6-18(19)24)31-22-27-26-20(15-8-10-16(23)11-9-15)28(22)13-17-5-4-12-30-17/h2-12,14H,13H2,1H3,(H,25,29). The van der Waals surface area contributed by atoms with E-state index < -0.39 is 5.25 Å². The van der Waals surface area contributed by atoms with Gasteiger partial charge < -0.3 is 9.73 Å². The molecule has 0 aliphatic rings. The lowest BCUT2D eigenvalue weighted by atomic mass is 10.2. The molecule has 0 radical (unpaired) electrons. The van der Waals surface area contributed by atoms with Crippen molar-refractivity contribution in [2.75, 3.05) is 5.32 Å². The van der Waals surface area contributed by atoms with Crippen molar-refractivity contribution in [3.8, 4) is 11.4 Å². The minimum Gasteiger partial charge on any atom is -0.467 e. The Hall–Kier alpha value is -2.74. The second kappa shape index (κ2) is 9.60. The molecule has 1 unspecified atom stereocenters. The summed E-state index contributed by atoms with van der Waals surface area (Å²) in [6.45, 7) is 2.24. The van der Waals surface area contributed by atoms with Crippen LogP contribution in [0.25, 0.3) is 11.4 Å². The van der Waals surface area contributed by atoms with Gasteiger partial charge >= 0.3 is 0 Å². The number of hydrogen-bond acceptors (Lipinski definition) is 5. The number of nitrogens with zero attached hydrogens (tertiary/aromatic N) is 3. The van der Waals surface area contributed by atoms with E-state index in [1.54, 1.807) is 30.5 Å². The zero-order chi connectivity index (χ0) is 21.8. The molecule has 1 atom stereocenters. The minimum absolute atomic E-state index is 0.182. The molecule has 6 nitrogen and oxygen atoms in total. The van der Waals surface area contributed by atoms with Crippen LogP contribution in [0.2, 0.25) is 10.0 Å². The number of hydrogen-bond donors (Lipinski definition) is 1. The molecule has 0 saturated heterocycles. The van der Waals surface area contributed by atoms with Crippen LogP contribution in [0.15, 0.2) is 76.5 Å². The maximum atomic E-state index is 12.7. The fourth-order valence-electron chi connectivity index (χ4n) is 2.90. The van der Waals surface area contributed by atoms with Crippen LogP contribution in [-0.4, -0.2) is 25.9 Å². The Labute approximate surface area is 193 Å². The Morgan fingerprint density at radius 2 is 1.87 bits per heavy atom. The molecular formula is C22H18Cl2N4O2S. The average molecular weight is 473 g/mol. The highest BCUT2D eigenvalue weighted by Gasteiger charge is 2.22. The summed E-state index contributed by atoms with van der Waals surface area (Å²) >= 11 is 13.5. The maximum absolute atomic E-state index is 12.7. The summed E-state index contributed by atoms with van der Waals surface area (Å²) < 4.78 is 7.44. The molecule has 31 heavy (non-hydrogen) atoms. The number of benzene rings is 2. The van der Waals surface area contributed by atoms with Crippen LogP contribution in [0.1, 0.15) is 12.7 Å². The molecule has 0 spiro atoms. The van der Waals surface area contributed by atoms with Gasteiger partial charge in [-0.1, -0.05) is 47.1 Å². The van der Waals surface area contributed by atoms with E-state index in [0.717, 1.165) is 11.3 Å². The van der Waals surface area contributed by atoms with Gasteiger partial charge in [0.1, 0.15) is 5.76 Å². The average Bonchev–Trinajstić information content (AvgIpc) is 3.41. The van der Waals surface area contributed by atoms with E-state index in [2.05, 4.69) is 15.5 Å². The molecule has 158 valence electrons. The van der Waals surface area contributed by atoms with Crippen molar-refractivity contribution in [1.29, 1.82) is 0 Å². The van der Waals surface area contributed by atoms with Crippen LogP contribution in [0, 0.1) is 0 Å². The van der Waals surface area contributed by atoms with E-state index in [1.165, 1.54) is 11.8 Å². The Morgan fingerprint density at radius 3 is 2.58 bits per heavy atom. The monoisotopic (exact) mass is 472 g/mol. The number of para-hydroxylation sites is 1. The van der Waals surface area contributed by atoms with Gasteiger partial charge in [-0.15, -0.1) is 10.2 Å². The summed E-state index contributed by atoms with van der Waals surface area (Å²) in [5, 5.41) is 12.8. The second-order valence-corrected chi connectivity index (χ2v) is 8.86. The zero-order valence-electron chi connectivity index (χ0n) is 16.5. The normalized spacial score (nSPS) is 12.0. The Morgan fingerprint density at radius 1 is 1.10 bits per heavy atom. The summed E-state index contributed by atoms with van der Waals surface area (Å²) in [6, 6.07) is 18.2. The third-order valence-corrected chi connectivity index (χ3v) is 6.16. The third-order valence-electron chi connectivity index (χ3n) is 4.50. The van der Waals surface area contributed by atoms with Gasteiger partial charge in [0.05, 0.1) is 28.8 Å². The van der Waals surface area contributed by atoms with Gasteiger partial charge in [0.25, 0.3) is 0 Å². The van der Waals surface area contributed by atoms with Crippen molar-refractivity contribution in [2.24, 2.45) is 0 Å². The molecule has 4 rings (SSSR count). The summed E-state index contributed by atoms with van der Waals surface area (Å²) in [5.74, 6) is 1.23. The SMILES string of the molecule is CC(Sc1nnc(-c2ccc(Cl)cc2)n1Cc1ccco1)C(=O)Nc1ccccc1Cl. The molecule has 0 aliphatic heterocycles. The predicted molar refractivity (Wildman–Crippen MR) is 124 cm³/mol. The van der Waals surface area contributed by atoms with Gasteiger partial charge in [0.15, 0.2) is 11.0 Å². The number of anilines is 1. The summed E-state index contributed by atoms with van der Waals surface area (Å²) in [5.41, 5.74) is 1.43. The van der Waals surface area contributed by atoms with Crippen molar-refractivity contribution in [3.63, 3.8) is 0 Å². The largest absolute Gasteiger partial charge is 0.467 e. The van der Waals surface area contributed by atoms with Crippen molar-refractivity contribution in [3.05, 3.63) is 82.7 Å². The van der Waals surface area contributed by atoms with Crippen LogP contribution in [0.4, 0.5) is 5.69 Å². The predicted octanol–water partition coefficient (Wildman–Crippen LogP) is 6.01. The minimum atomic E-state index is -0.436. The molecule has 9 heteroatoms. The van der Waals surface area contributed by atoms with Crippen LogP contribution >= 0.6 is 35.0 Å². The molecule has 0 aliphatic carbocycles. The van der Waals surface area contributed by atoms with Crippen molar-refractivity contribution < 1.29 is 9.21 Å². The Kier molecular flexibility index (Phi) is 6.65. The second-order valence-electron chi connectivity index (χ2n) is 6.71. The number of thioether (sulfide) groups is 1. The molecule has 1 N–H and O–H groups in total. The molecule has 0 fully saturated rings. The molecule has 0 bridgehead atoms. The topological polar surface area (TPSA) is 73.0 Å². The molecule has 2 aromatic carbocycles. The number of halogens is 2. The molecule has 4 aromatic rings. The van der Waals surface area contributed by atoms with E-state index in [4.69, 9.17) is 27.6 Å². The maximum Gasteiger partial charge on any atom is 0.237 e. The first-order valence-corrected chi connectivity index (χ1v) is 11.1. The molecule has 1 amide bonds. The Balaban J connectivity index is 1.59. The van der Waals surface area contributed by atoms with Gasteiger partial charge in [-0.05, 0) is 55.5 Å².